The molecule has 1 fully saturated rings. The smallest absolute Gasteiger partial charge is 0.408 e. The number of carbonyl (C=O) groups excluding carboxylic acids is 2. The highest BCUT2D eigenvalue weighted by Crippen LogP contribution is 2.44. The molecule has 2 atom stereocenters. The molecule has 0 spiro atoms. The first-order chi connectivity index (χ1) is 14.2. The summed E-state index contributed by atoms with van der Waals surface area (Å²) >= 11 is 0. The van der Waals surface area contributed by atoms with Crippen molar-refractivity contribution in [1.29, 1.82) is 5.26 Å². The number of nitriles is 1. The molecule has 1 aliphatic heterocycles. The van der Waals surface area contributed by atoms with Crippen molar-refractivity contribution in [3.05, 3.63) is 59.7 Å². The molecule has 0 saturated carbocycles. The number of amides is 2. The summed E-state index contributed by atoms with van der Waals surface area (Å²) in [6.07, 6.45) is 1.29. The fourth-order valence-electron chi connectivity index (χ4n) is 4.27. The zero-order valence-corrected chi connectivity index (χ0v) is 16.1. The third-order valence-electron chi connectivity index (χ3n) is 5.71. The van der Waals surface area contributed by atoms with Gasteiger partial charge < -0.3 is 15.4 Å². The Bertz CT molecular complexity index is 920. The number of benzene rings is 2. The van der Waals surface area contributed by atoms with E-state index in [0.717, 1.165) is 35.1 Å². The van der Waals surface area contributed by atoms with E-state index in [1.54, 1.807) is 0 Å². The highest BCUT2D eigenvalue weighted by molar-refractivity contribution is 5.80. The van der Waals surface area contributed by atoms with Crippen molar-refractivity contribution >= 4 is 12.0 Å². The summed E-state index contributed by atoms with van der Waals surface area (Å²) in [6.45, 7) is 0.869. The lowest BCUT2D eigenvalue weighted by molar-refractivity contribution is -0.126. The lowest BCUT2D eigenvalue weighted by Crippen LogP contribution is -2.42. The van der Waals surface area contributed by atoms with Gasteiger partial charge in [0.1, 0.15) is 12.6 Å². The van der Waals surface area contributed by atoms with E-state index in [1.807, 2.05) is 24.3 Å². The molecule has 0 unspecified atom stereocenters. The number of rotatable bonds is 5. The van der Waals surface area contributed by atoms with E-state index in [0.29, 0.717) is 13.0 Å². The first kappa shape index (κ1) is 19.0. The molecule has 148 valence electrons. The summed E-state index contributed by atoms with van der Waals surface area (Å²) in [7, 11) is 0. The second-order valence-corrected chi connectivity index (χ2v) is 7.52. The Morgan fingerprint density at radius 2 is 1.83 bits per heavy atom. The van der Waals surface area contributed by atoms with E-state index >= 15 is 0 Å². The van der Waals surface area contributed by atoms with Gasteiger partial charge in [0.15, 0.2) is 0 Å². The Hall–Kier alpha value is -3.33. The van der Waals surface area contributed by atoms with Crippen molar-refractivity contribution in [1.82, 2.24) is 10.6 Å². The van der Waals surface area contributed by atoms with Crippen LogP contribution in [0.5, 0.6) is 0 Å². The van der Waals surface area contributed by atoms with Gasteiger partial charge in [0, 0.05) is 18.4 Å². The van der Waals surface area contributed by atoms with Crippen molar-refractivity contribution in [3.63, 3.8) is 0 Å². The molecule has 2 amide bonds. The van der Waals surface area contributed by atoms with Crippen LogP contribution in [-0.2, 0) is 9.53 Å². The standard InChI is InChI=1S/C23H23N3O3/c24-13-16(12-15-6-5-11-25-22(15)27)26-23(28)29-14-21-19-9-3-1-7-17(19)18-8-2-4-10-20(18)21/h1-4,7-10,15-16,21H,5-6,11-12,14H2,(H,25,27)(H,26,28)/t15-,16-/m0/s1. The van der Waals surface area contributed by atoms with Crippen LogP contribution in [0.1, 0.15) is 36.3 Å². The van der Waals surface area contributed by atoms with Gasteiger partial charge in [0.2, 0.25) is 5.91 Å². The van der Waals surface area contributed by atoms with E-state index in [-0.39, 0.29) is 24.3 Å². The van der Waals surface area contributed by atoms with Gasteiger partial charge >= 0.3 is 6.09 Å². The summed E-state index contributed by atoms with van der Waals surface area (Å²) in [4.78, 5) is 24.2. The van der Waals surface area contributed by atoms with Gasteiger partial charge in [0.25, 0.3) is 0 Å². The number of alkyl carbamates (subject to hydrolysis) is 1. The number of piperidine rings is 1. The van der Waals surface area contributed by atoms with Crippen LogP contribution < -0.4 is 10.6 Å². The Morgan fingerprint density at radius 3 is 2.45 bits per heavy atom. The van der Waals surface area contributed by atoms with Crippen molar-refractivity contribution in [2.45, 2.75) is 31.2 Å². The van der Waals surface area contributed by atoms with Crippen molar-refractivity contribution < 1.29 is 14.3 Å². The third-order valence-corrected chi connectivity index (χ3v) is 5.71. The lowest BCUT2D eigenvalue weighted by atomic mass is 9.92. The summed E-state index contributed by atoms with van der Waals surface area (Å²) in [5, 5.41) is 14.8. The Labute approximate surface area is 169 Å². The normalized spacial score (nSPS) is 18.7. The third kappa shape index (κ3) is 3.95. The van der Waals surface area contributed by atoms with Crippen LogP contribution in [0, 0.1) is 17.2 Å². The zero-order chi connectivity index (χ0) is 20.2. The van der Waals surface area contributed by atoms with Crippen LogP contribution in [0.25, 0.3) is 11.1 Å². The molecule has 29 heavy (non-hydrogen) atoms. The van der Waals surface area contributed by atoms with E-state index in [4.69, 9.17) is 4.74 Å². The van der Waals surface area contributed by atoms with E-state index in [2.05, 4.69) is 41.0 Å². The summed E-state index contributed by atoms with van der Waals surface area (Å²) in [6, 6.07) is 17.6. The molecule has 1 heterocycles. The Morgan fingerprint density at radius 1 is 1.17 bits per heavy atom. The van der Waals surface area contributed by atoms with Crippen molar-refractivity contribution in [2.24, 2.45) is 5.92 Å². The number of nitrogens with one attached hydrogen (secondary N) is 2. The average molecular weight is 389 g/mol. The molecule has 0 radical (unpaired) electrons. The summed E-state index contributed by atoms with van der Waals surface area (Å²) < 4.78 is 5.49. The molecular weight excluding hydrogens is 366 g/mol. The molecule has 6 heteroatoms. The second-order valence-electron chi connectivity index (χ2n) is 7.52. The molecule has 0 aromatic heterocycles. The first-order valence-corrected chi connectivity index (χ1v) is 9.96. The lowest BCUT2D eigenvalue weighted by Gasteiger charge is -2.24. The molecule has 0 bridgehead atoms. The largest absolute Gasteiger partial charge is 0.449 e. The maximum Gasteiger partial charge on any atom is 0.408 e. The van der Waals surface area contributed by atoms with E-state index < -0.39 is 12.1 Å². The molecule has 4 rings (SSSR count). The van der Waals surface area contributed by atoms with Crippen molar-refractivity contribution in [3.8, 4) is 17.2 Å². The van der Waals surface area contributed by atoms with Crippen LogP contribution in [0.15, 0.2) is 48.5 Å². The molecule has 2 aromatic rings. The van der Waals surface area contributed by atoms with Crippen LogP contribution in [-0.4, -0.2) is 31.2 Å². The van der Waals surface area contributed by atoms with Gasteiger partial charge in [0.05, 0.1) is 6.07 Å². The number of carbonyl (C=O) groups is 2. The van der Waals surface area contributed by atoms with Crippen LogP contribution in [0.4, 0.5) is 4.79 Å². The zero-order valence-electron chi connectivity index (χ0n) is 16.1. The van der Waals surface area contributed by atoms with Crippen LogP contribution >= 0.6 is 0 Å². The first-order valence-electron chi connectivity index (χ1n) is 9.96. The number of hydrogen-bond donors (Lipinski definition) is 2. The number of hydrogen-bond acceptors (Lipinski definition) is 4. The number of ether oxygens (including phenoxy) is 1. The van der Waals surface area contributed by atoms with E-state index in [1.165, 1.54) is 0 Å². The predicted molar refractivity (Wildman–Crippen MR) is 108 cm³/mol. The van der Waals surface area contributed by atoms with E-state index in [9.17, 15) is 14.9 Å². The molecular formula is C23H23N3O3. The number of fused-ring (bicyclic) bond motifs is 3. The fraction of sp³-hybridized carbons (Fsp3) is 0.348. The second kappa shape index (κ2) is 8.36. The van der Waals surface area contributed by atoms with Gasteiger partial charge in [-0.25, -0.2) is 4.79 Å². The van der Waals surface area contributed by atoms with Crippen LogP contribution in [0.2, 0.25) is 0 Å². The molecule has 1 saturated heterocycles. The Kier molecular flexibility index (Phi) is 5.48. The topological polar surface area (TPSA) is 91.2 Å². The maximum absolute atomic E-state index is 12.3. The number of nitrogens with zero attached hydrogens (tertiary/aromatic N) is 1. The summed E-state index contributed by atoms with van der Waals surface area (Å²) in [5.41, 5.74) is 4.60. The minimum atomic E-state index is -0.750. The highest BCUT2D eigenvalue weighted by Gasteiger charge is 2.30. The minimum absolute atomic E-state index is 0.0298. The van der Waals surface area contributed by atoms with Gasteiger partial charge in [-0.15, -0.1) is 0 Å². The minimum Gasteiger partial charge on any atom is -0.449 e. The molecule has 2 aliphatic rings. The fourth-order valence-corrected chi connectivity index (χ4v) is 4.27. The monoisotopic (exact) mass is 389 g/mol. The molecule has 2 aromatic carbocycles. The molecule has 1 aliphatic carbocycles. The van der Waals surface area contributed by atoms with Crippen molar-refractivity contribution in [2.75, 3.05) is 13.2 Å². The maximum atomic E-state index is 12.3. The predicted octanol–water partition coefficient (Wildman–Crippen LogP) is 3.33. The Balaban J connectivity index is 1.38. The SMILES string of the molecule is N#C[C@H](C[C@@H]1CCCNC1=O)NC(=O)OCC1c2ccccc2-c2ccccc21. The van der Waals surface area contributed by atoms with Gasteiger partial charge in [-0.1, -0.05) is 48.5 Å². The molecule has 2 N–H and O–H groups in total. The molecule has 6 nitrogen and oxygen atoms in total. The van der Waals surface area contributed by atoms with Gasteiger partial charge in [-0.2, -0.15) is 5.26 Å². The highest BCUT2D eigenvalue weighted by atomic mass is 16.5. The van der Waals surface area contributed by atoms with Crippen LogP contribution in [0.3, 0.4) is 0 Å². The van der Waals surface area contributed by atoms with Gasteiger partial charge in [-0.3, -0.25) is 4.79 Å². The average Bonchev–Trinajstić information content (AvgIpc) is 3.07. The summed E-state index contributed by atoms with van der Waals surface area (Å²) in [5.74, 6) is -0.328. The van der Waals surface area contributed by atoms with Gasteiger partial charge in [-0.05, 0) is 41.5 Å². The quantitative estimate of drug-likeness (QED) is 0.821.